The van der Waals surface area contributed by atoms with Crippen LogP contribution >= 0.6 is 11.3 Å². The molecule has 0 fully saturated rings. The lowest BCUT2D eigenvalue weighted by Gasteiger charge is -2.10. The number of halogens is 4. The fraction of sp³-hybridized carbons (Fsp3) is 0.0952. The van der Waals surface area contributed by atoms with Crippen LogP contribution in [0.1, 0.15) is 5.69 Å². The molecule has 0 radical (unpaired) electrons. The van der Waals surface area contributed by atoms with E-state index in [0.717, 1.165) is 40.3 Å². The Hall–Kier alpha value is -2.98. The largest absolute Gasteiger partial charge is 0.435 e. The predicted octanol–water partition coefficient (Wildman–Crippen LogP) is 5.83. The molecule has 0 N–H and O–H groups in total. The van der Waals surface area contributed by atoms with Crippen molar-refractivity contribution in [3.05, 3.63) is 76.9 Å². The van der Waals surface area contributed by atoms with Crippen LogP contribution in [-0.2, 0) is 16.0 Å². The molecule has 4 nitrogen and oxygen atoms in total. The molecule has 31 heavy (non-hydrogen) atoms. The maximum atomic E-state index is 14.4. The summed E-state index contributed by atoms with van der Waals surface area (Å²) in [5.41, 5.74) is 1.25. The van der Waals surface area contributed by atoms with Gasteiger partial charge in [-0.05, 0) is 46.2 Å². The monoisotopic (exact) mass is 466 g/mol. The van der Waals surface area contributed by atoms with Crippen molar-refractivity contribution in [1.82, 2.24) is 9.78 Å². The fourth-order valence-corrected chi connectivity index (χ4v) is 4.50. The molecule has 160 valence electrons. The first kappa shape index (κ1) is 21.3. The van der Waals surface area contributed by atoms with Gasteiger partial charge in [-0.2, -0.15) is 29.6 Å². The summed E-state index contributed by atoms with van der Waals surface area (Å²) in [5, 5.41) is 7.48. The van der Waals surface area contributed by atoms with Crippen LogP contribution < -0.4 is 0 Å². The number of nitrogens with zero attached hydrogens (tertiary/aromatic N) is 2. The standard InChI is InChI=1S/C21H14F4N2O2S2/c1-31(28,29)19-7-6-16(10-17(19)22)27-18(11-20(26-27)21(23,24)25)14-4-2-13(3-5-14)15-8-9-30-12-15/h2-12H,1H3. The third-order valence-electron chi connectivity index (χ3n) is 4.59. The van der Waals surface area contributed by atoms with Gasteiger partial charge in [-0.3, -0.25) is 0 Å². The Morgan fingerprint density at radius 1 is 0.935 bits per heavy atom. The highest BCUT2D eigenvalue weighted by Crippen LogP contribution is 2.34. The molecule has 10 heteroatoms. The van der Waals surface area contributed by atoms with Gasteiger partial charge in [0, 0.05) is 17.9 Å². The van der Waals surface area contributed by atoms with Crippen LogP contribution in [0.15, 0.2) is 70.3 Å². The summed E-state index contributed by atoms with van der Waals surface area (Å²) in [6, 6.07) is 12.7. The molecular weight excluding hydrogens is 452 g/mol. The van der Waals surface area contributed by atoms with Crippen LogP contribution in [-0.4, -0.2) is 24.5 Å². The van der Waals surface area contributed by atoms with Gasteiger partial charge < -0.3 is 0 Å². The second kappa shape index (κ2) is 7.61. The zero-order valence-corrected chi connectivity index (χ0v) is 17.5. The van der Waals surface area contributed by atoms with Gasteiger partial charge in [0.05, 0.1) is 11.4 Å². The van der Waals surface area contributed by atoms with Crippen LogP contribution in [0.25, 0.3) is 28.1 Å². The van der Waals surface area contributed by atoms with E-state index in [2.05, 4.69) is 5.10 Å². The van der Waals surface area contributed by atoms with Crippen LogP contribution in [0.5, 0.6) is 0 Å². The Morgan fingerprint density at radius 2 is 1.61 bits per heavy atom. The normalized spacial score (nSPS) is 12.3. The first-order valence-electron chi connectivity index (χ1n) is 8.84. The maximum Gasteiger partial charge on any atom is 0.435 e. The van der Waals surface area contributed by atoms with Crippen molar-refractivity contribution in [2.24, 2.45) is 0 Å². The lowest BCUT2D eigenvalue weighted by molar-refractivity contribution is -0.141. The van der Waals surface area contributed by atoms with Gasteiger partial charge in [0.2, 0.25) is 0 Å². The van der Waals surface area contributed by atoms with Gasteiger partial charge in [-0.25, -0.2) is 17.5 Å². The van der Waals surface area contributed by atoms with E-state index in [1.807, 2.05) is 16.8 Å². The van der Waals surface area contributed by atoms with Crippen molar-refractivity contribution in [3.63, 3.8) is 0 Å². The number of alkyl halides is 3. The summed E-state index contributed by atoms with van der Waals surface area (Å²) in [5.74, 6) is -1.07. The average molecular weight is 466 g/mol. The first-order valence-corrected chi connectivity index (χ1v) is 11.7. The molecule has 0 aliphatic heterocycles. The van der Waals surface area contributed by atoms with Crippen LogP contribution in [0, 0.1) is 5.82 Å². The van der Waals surface area contributed by atoms with E-state index >= 15 is 0 Å². The predicted molar refractivity (Wildman–Crippen MR) is 110 cm³/mol. The molecular formula is C21H14F4N2O2S2. The summed E-state index contributed by atoms with van der Waals surface area (Å²) in [7, 11) is -3.82. The number of benzene rings is 2. The number of hydrogen-bond acceptors (Lipinski definition) is 4. The highest BCUT2D eigenvalue weighted by molar-refractivity contribution is 7.90. The van der Waals surface area contributed by atoms with Crippen molar-refractivity contribution in [2.45, 2.75) is 11.1 Å². The van der Waals surface area contributed by atoms with Crippen molar-refractivity contribution >= 4 is 21.2 Å². The average Bonchev–Trinajstić information content (AvgIpc) is 3.37. The van der Waals surface area contributed by atoms with E-state index < -0.39 is 32.4 Å². The second-order valence-electron chi connectivity index (χ2n) is 6.80. The smallest absolute Gasteiger partial charge is 0.232 e. The number of sulfone groups is 1. The van der Waals surface area contributed by atoms with E-state index in [4.69, 9.17) is 0 Å². The SMILES string of the molecule is CS(=O)(=O)c1ccc(-n2nc(C(F)(F)F)cc2-c2ccc(-c3ccsc3)cc2)cc1F. The minimum Gasteiger partial charge on any atom is -0.232 e. The molecule has 0 spiro atoms. The zero-order valence-electron chi connectivity index (χ0n) is 15.9. The van der Waals surface area contributed by atoms with Gasteiger partial charge >= 0.3 is 6.18 Å². The Kier molecular flexibility index (Phi) is 5.22. The second-order valence-corrected chi connectivity index (χ2v) is 9.56. The van der Waals surface area contributed by atoms with E-state index in [-0.39, 0.29) is 11.4 Å². The zero-order chi connectivity index (χ0) is 22.4. The lowest BCUT2D eigenvalue weighted by Crippen LogP contribution is -2.08. The van der Waals surface area contributed by atoms with Gasteiger partial charge in [0.25, 0.3) is 0 Å². The Labute approximate surface area is 179 Å². The summed E-state index contributed by atoms with van der Waals surface area (Å²) < 4.78 is 78.6. The molecule has 4 rings (SSSR count). The summed E-state index contributed by atoms with van der Waals surface area (Å²) in [6.45, 7) is 0. The minimum atomic E-state index is -4.71. The molecule has 2 aromatic carbocycles. The number of thiophene rings is 1. The van der Waals surface area contributed by atoms with E-state index in [1.165, 1.54) is 17.4 Å². The summed E-state index contributed by atoms with van der Waals surface area (Å²) >= 11 is 1.53. The summed E-state index contributed by atoms with van der Waals surface area (Å²) in [4.78, 5) is -0.541. The molecule has 0 unspecified atom stereocenters. The van der Waals surface area contributed by atoms with Crippen LogP contribution in [0.4, 0.5) is 17.6 Å². The fourth-order valence-electron chi connectivity index (χ4n) is 3.11. The number of aromatic nitrogens is 2. The third-order valence-corrected chi connectivity index (χ3v) is 6.41. The summed E-state index contributed by atoms with van der Waals surface area (Å²) in [6.07, 6.45) is -3.86. The topological polar surface area (TPSA) is 52.0 Å². The van der Waals surface area contributed by atoms with Gasteiger partial charge in [0.15, 0.2) is 15.5 Å². The third kappa shape index (κ3) is 4.26. The Morgan fingerprint density at radius 3 is 2.16 bits per heavy atom. The maximum absolute atomic E-state index is 14.4. The molecule has 0 saturated heterocycles. The van der Waals surface area contributed by atoms with Gasteiger partial charge in [-0.15, -0.1) is 0 Å². The van der Waals surface area contributed by atoms with E-state index in [0.29, 0.717) is 5.56 Å². The number of hydrogen-bond donors (Lipinski definition) is 0. The van der Waals surface area contributed by atoms with Crippen molar-refractivity contribution in [1.29, 1.82) is 0 Å². The Bertz CT molecular complexity index is 1340. The molecule has 4 aromatic rings. The van der Waals surface area contributed by atoms with E-state index in [9.17, 15) is 26.0 Å². The molecule has 0 saturated carbocycles. The van der Waals surface area contributed by atoms with Crippen molar-refractivity contribution < 1.29 is 26.0 Å². The molecule has 0 amide bonds. The number of rotatable bonds is 4. The minimum absolute atomic E-state index is 0.0303. The highest BCUT2D eigenvalue weighted by Gasteiger charge is 2.35. The highest BCUT2D eigenvalue weighted by atomic mass is 32.2. The van der Waals surface area contributed by atoms with Crippen molar-refractivity contribution in [3.8, 4) is 28.1 Å². The molecule has 2 aromatic heterocycles. The molecule has 0 atom stereocenters. The van der Waals surface area contributed by atoms with Gasteiger partial charge in [0.1, 0.15) is 10.7 Å². The molecule has 0 bridgehead atoms. The first-order chi connectivity index (χ1) is 14.5. The Balaban J connectivity index is 1.84. The molecule has 2 heterocycles. The van der Waals surface area contributed by atoms with Gasteiger partial charge in [-0.1, -0.05) is 24.3 Å². The quantitative estimate of drug-likeness (QED) is 0.356. The van der Waals surface area contributed by atoms with Crippen LogP contribution in [0.2, 0.25) is 0 Å². The lowest BCUT2D eigenvalue weighted by atomic mass is 10.0. The van der Waals surface area contributed by atoms with Crippen LogP contribution in [0.3, 0.4) is 0 Å². The molecule has 0 aliphatic carbocycles. The van der Waals surface area contributed by atoms with E-state index in [1.54, 1.807) is 24.3 Å². The van der Waals surface area contributed by atoms with Crippen molar-refractivity contribution in [2.75, 3.05) is 6.26 Å². The molecule has 0 aliphatic rings.